The van der Waals surface area contributed by atoms with Crippen LogP contribution in [0.2, 0.25) is 5.02 Å². The van der Waals surface area contributed by atoms with Gasteiger partial charge < -0.3 is 10.6 Å². The molecule has 3 rings (SSSR count). The lowest BCUT2D eigenvalue weighted by molar-refractivity contribution is 0.101. The highest BCUT2D eigenvalue weighted by molar-refractivity contribution is 6.30. The number of anilines is 1. The number of rotatable bonds is 4. The quantitative estimate of drug-likeness (QED) is 0.819. The van der Waals surface area contributed by atoms with E-state index in [1.807, 2.05) is 24.3 Å². The molecule has 1 aliphatic rings. The Morgan fingerprint density at radius 1 is 1.09 bits per heavy atom. The van der Waals surface area contributed by atoms with Crippen LogP contribution in [0.15, 0.2) is 48.5 Å². The third kappa shape index (κ3) is 3.54. The molecule has 4 nitrogen and oxygen atoms in total. The average molecular weight is 329 g/mol. The van der Waals surface area contributed by atoms with E-state index < -0.39 is 0 Å². The lowest BCUT2D eigenvalue weighted by atomic mass is 10.1. The summed E-state index contributed by atoms with van der Waals surface area (Å²) in [6.07, 6.45) is 1.80. The van der Waals surface area contributed by atoms with E-state index in [1.54, 1.807) is 24.3 Å². The molecule has 1 aliphatic carbocycles. The summed E-state index contributed by atoms with van der Waals surface area (Å²) in [5.74, 6) is -0.0334. The Morgan fingerprint density at radius 3 is 2.39 bits per heavy atom. The Hall–Kier alpha value is -2.33. The molecule has 2 aromatic rings. The number of carbonyl (C=O) groups excluding carboxylic acids is 2. The molecule has 0 saturated heterocycles. The Bertz CT molecular complexity index is 752. The van der Waals surface area contributed by atoms with Crippen molar-refractivity contribution in [3.8, 4) is 0 Å². The van der Waals surface area contributed by atoms with Crippen LogP contribution in [-0.4, -0.2) is 11.8 Å². The van der Waals surface area contributed by atoms with Crippen LogP contribution in [0, 0.1) is 0 Å². The predicted octanol–water partition coefficient (Wildman–Crippen LogP) is 4.35. The number of hydrogen-bond acceptors (Lipinski definition) is 2. The van der Waals surface area contributed by atoms with Crippen LogP contribution in [0.4, 0.5) is 10.5 Å². The minimum absolute atomic E-state index is 0.0334. The maximum absolute atomic E-state index is 12.3. The zero-order valence-electron chi connectivity index (χ0n) is 12.7. The molecule has 0 aromatic heterocycles. The van der Waals surface area contributed by atoms with E-state index >= 15 is 0 Å². The van der Waals surface area contributed by atoms with E-state index in [9.17, 15) is 9.59 Å². The van der Waals surface area contributed by atoms with Gasteiger partial charge in [0, 0.05) is 16.3 Å². The smallest absolute Gasteiger partial charge is 0.319 e. The molecule has 23 heavy (non-hydrogen) atoms. The summed E-state index contributed by atoms with van der Waals surface area (Å²) in [7, 11) is 0. The summed E-state index contributed by atoms with van der Waals surface area (Å²) < 4.78 is 0. The van der Waals surface area contributed by atoms with Crippen molar-refractivity contribution < 1.29 is 9.59 Å². The van der Waals surface area contributed by atoms with Crippen molar-refractivity contribution in [2.75, 3.05) is 5.32 Å². The van der Waals surface area contributed by atoms with Gasteiger partial charge in [-0.15, -0.1) is 0 Å². The van der Waals surface area contributed by atoms with E-state index in [1.165, 1.54) is 6.92 Å². The van der Waals surface area contributed by atoms with Gasteiger partial charge in [0.15, 0.2) is 5.78 Å². The zero-order chi connectivity index (χ0) is 16.4. The molecular weight excluding hydrogens is 312 g/mol. The first-order valence-electron chi connectivity index (χ1n) is 7.45. The normalized spacial score (nSPS) is 14.9. The monoisotopic (exact) mass is 328 g/mol. The largest absolute Gasteiger partial charge is 0.328 e. The van der Waals surface area contributed by atoms with Gasteiger partial charge in [0.25, 0.3) is 0 Å². The lowest BCUT2D eigenvalue weighted by Crippen LogP contribution is -2.38. The van der Waals surface area contributed by atoms with Gasteiger partial charge in [-0.25, -0.2) is 4.79 Å². The SMILES string of the molecule is CC(=O)c1cccc(NC(=O)NC2(c3ccc(Cl)cc3)CC2)c1. The molecule has 0 heterocycles. The number of carbonyl (C=O) groups is 2. The third-order valence-electron chi connectivity index (χ3n) is 4.03. The zero-order valence-corrected chi connectivity index (χ0v) is 13.5. The second kappa shape index (κ2) is 6.05. The van der Waals surface area contributed by atoms with Crippen LogP contribution in [0.5, 0.6) is 0 Å². The molecule has 1 saturated carbocycles. The van der Waals surface area contributed by atoms with Gasteiger partial charge in [-0.1, -0.05) is 35.9 Å². The van der Waals surface area contributed by atoms with Crippen LogP contribution in [0.3, 0.4) is 0 Å². The second-order valence-electron chi connectivity index (χ2n) is 5.81. The van der Waals surface area contributed by atoms with Crippen molar-refractivity contribution in [2.24, 2.45) is 0 Å². The number of hydrogen-bond donors (Lipinski definition) is 2. The summed E-state index contributed by atoms with van der Waals surface area (Å²) in [6, 6.07) is 14.1. The van der Waals surface area contributed by atoms with Crippen molar-refractivity contribution >= 4 is 29.1 Å². The minimum Gasteiger partial charge on any atom is -0.328 e. The van der Waals surface area contributed by atoms with Gasteiger partial charge in [0.1, 0.15) is 0 Å². The van der Waals surface area contributed by atoms with Gasteiger partial charge >= 0.3 is 6.03 Å². The van der Waals surface area contributed by atoms with Crippen molar-refractivity contribution in [1.82, 2.24) is 5.32 Å². The molecule has 0 aliphatic heterocycles. The van der Waals surface area contributed by atoms with E-state index in [0.29, 0.717) is 16.3 Å². The minimum atomic E-state index is -0.313. The molecule has 0 bridgehead atoms. The van der Waals surface area contributed by atoms with E-state index in [-0.39, 0.29) is 17.4 Å². The van der Waals surface area contributed by atoms with Crippen molar-refractivity contribution in [3.05, 3.63) is 64.7 Å². The fourth-order valence-electron chi connectivity index (χ4n) is 2.58. The summed E-state index contributed by atoms with van der Waals surface area (Å²) in [5.41, 5.74) is 1.91. The molecule has 118 valence electrons. The van der Waals surface area contributed by atoms with Gasteiger partial charge in [0.05, 0.1) is 5.54 Å². The molecule has 2 N–H and O–H groups in total. The van der Waals surface area contributed by atoms with Crippen molar-refractivity contribution in [2.45, 2.75) is 25.3 Å². The summed E-state index contributed by atoms with van der Waals surface area (Å²) in [6.45, 7) is 1.50. The Labute approximate surface area is 139 Å². The number of ketones is 1. The van der Waals surface area contributed by atoms with Crippen molar-refractivity contribution in [1.29, 1.82) is 0 Å². The molecular formula is C18H17ClN2O2. The Kier molecular flexibility index (Phi) is 4.09. The molecule has 2 aromatic carbocycles. The maximum Gasteiger partial charge on any atom is 0.319 e. The van der Waals surface area contributed by atoms with Gasteiger partial charge in [-0.05, 0) is 49.6 Å². The second-order valence-corrected chi connectivity index (χ2v) is 6.24. The highest BCUT2D eigenvalue weighted by Crippen LogP contribution is 2.45. The molecule has 0 radical (unpaired) electrons. The molecule has 0 spiro atoms. The average Bonchev–Trinajstić information content (AvgIpc) is 3.28. The summed E-state index contributed by atoms with van der Waals surface area (Å²) >= 11 is 5.91. The third-order valence-corrected chi connectivity index (χ3v) is 4.28. The first-order chi connectivity index (χ1) is 11.0. The van der Waals surface area contributed by atoms with Gasteiger partial charge in [-0.3, -0.25) is 4.79 Å². The predicted molar refractivity (Wildman–Crippen MR) is 91.0 cm³/mol. The number of benzene rings is 2. The number of urea groups is 1. The Balaban J connectivity index is 1.69. The van der Waals surface area contributed by atoms with Crippen LogP contribution in [0.1, 0.15) is 35.7 Å². The lowest BCUT2D eigenvalue weighted by Gasteiger charge is -2.18. The number of nitrogens with one attached hydrogen (secondary N) is 2. The summed E-state index contributed by atoms with van der Waals surface area (Å²) in [5, 5.41) is 6.48. The molecule has 0 unspecified atom stereocenters. The van der Waals surface area contributed by atoms with Crippen LogP contribution >= 0.6 is 11.6 Å². The van der Waals surface area contributed by atoms with E-state index in [0.717, 1.165) is 18.4 Å². The molecule has 2 amide bonds. The highest BCUT2D eigenvalue weighted by atomic mass is 35.5. The fourth-order valence-corrected chi connectivity index (χ4v) is 2.70. The Morgan fingerprint density at radius 2 is 1.78 bits per heavy atom. The first kappa shape index (κ1) is 15.6. The van der Waals surface area contributed by atoms with Gasteiger partial charge in [-0.2, -0.15) is 0 Å². The number of Topliss-reactive ketones (excluding diaryl/α,β-unsaturated/α-hetero) is 1. The van der Waals surface area contributed by atoms with Crippen LogP contribution in [0.25, 0.3) is 0 Å². The maximum atomic E-state index is 12.3. The van der Waals surface area contributed by atoms with Crippen LogP contribution in [-0.2, 0) is 5.54 Å². The highest BCUT2D eigenvalue weighted by Gasteiger charge is 2.45. The molecule has 5 heteroatoms. The van der Waals surface area contributed by atoms with Crippen LogP contribution < -0.4 is 10.6 Å². The summed E-state index contributed by atoms with van der Waals surface area (Å²) in [4.78, 5) is 23.7. The number of halogens is 1. The topological polar surface area (TPSA) is 58.2 Å². The first-order valence-corrected chi connectivity index (χ1v) is 7.83. The van der Waals surface area contributed by atoms with E-state index in [4.69, 9.17) is 11.6 Å². The standard InChI is InChI=1S/C18H17ClN2O2/c1-12(22)13-3-2-4-16(11-13)20-17(23)21-18(9-10-18)14-5-7-15(19)8-6-14/h2-8,11H,9-10H2,1H3,(H2,20,21,23). The number of amides is 2. The molecule has 1 fully saturated rings. The molecule has 0 atom stereocenters. The fraction of sp³-hybridized carbons (Fsp3) is 0.222. The van der Waals surface area contributed by atoms with Gasteiger partial charge in [0.2, 0.25) is 0 Å². The van der Waals surface area contributed by atoms with Crippen molar-refractivity contribution in [3.63, 3.8) is 0 Å². The van der Waals surface area contributed by atoms with E-state index in [2.05, 4.69) is 10.6 Å².